The Bertz CT molecular complexity index is 1110. The molecule has 0 bridgehead atoms. The maximum Gasteiger partial charge on any atom is 0.244 e. The zero-order chi connectivity index (χ0) is 27.4. The number of nitrogens with one attached hydrogen (secondary N) is 2. The molecular weight excluding hydrogens is 486 g/mol. The number of rotatable bonds is 7. The molecule has 2 heterocycles. The van der Waals surface area contributed by atoms with E-state index in [1.54, 1.807) is 20.8 Å². The normalized spacial score (nSPS) is 28.8. The molecule has 3 aliphatic rings. The van der Waals surface area contributed by atoms with Crippen molar-refractivity contribution in [1.82, 2.24) is 19.8 Å². The minimum Gasteiger partial charge on any atom is -0.339 e. The third kappa shape index (κ3) is 5.42. The number of amides is 4. The van der Waals surface area contributed by atoms with Gasteiger partial charge in [0, 0.05) is 25.9 Å². The Kier molecular flexibility index (Phi) is 7.34. The van der Waals surface area contributed by atoms with Gasteiger partial charge in [0.1, 0.15) is 18.1 Å². The fourth-order valence-electron chi connectivity index (χ4n) is 5.75. The topological polar surface area (TPSA) is 157 Å². The summed E-state index contributed by atoms with van der Waals surface area (Å²) in [6.45, 7) is 11.2. The van der Waals surface area contributed by atoms with Gasteiger partial charge in [-0.15, -0.1) is 0 Å². The van der Waals surface area contributed by atoms with Crippen LogP contribution in [0.15, 0.2) is 0 Å². The molecule has 3 fully saturated rings. The van der Waals surface area contributed by atoms with Crippen LogP contribution in [0.3, 0.4) is 0 Å². The lowest BCUT2D eigenvalue weighted by Gasteiger charge is -2.37. The van der Waals surface area contributed by atoms with Crippen LogP contribution in [-0.2, 0) is 29.2 Å². The first-order valence-corrected chi connectivity index (χ1v) is 14.1. The molecule has 4 amide bonds. The van der Waals surface area contributed by atoms with E-state index in [0.29, 0.717) is 13.0 Å². The standard InChI is InChI=1S/C24H37N5O6S/c1-13(30)28-9-8-14(21(28)32)10-15(11-25)26-20(31)18-17-16(24(17,5)6)12-29(18)22(33)19(23(2,3)4)27-36(7,34)35/h14-19,27H,8-10,12H2,1-7H3,(H,26,31)/t14-,15-,16-,17-,18-,19+/m0/s1. The summed E-state index contributed by atoms with van der Waals surface area (Å²) >= 11 is 0. The minimum absolute atomic E-state index is 0.0727. The van der Waals surface area contributed by atoms with Gasteiger partial charge in [0.05, 0.1) is 12.3 Å². The van der Waals surface area contributed by atoms with Gasteiger partial charge >= 0.3 is 0 Å². The van der Waals surface area contributed by atoms with E-state index in [4.69, 9.17) is 0 Å². The van der Waals surface area contributed by atoms with Crippen molar-refractivity contribution in [3.05, 3.63) is 0 Å². The number of carbonyl (C=O) groups excluding carboxylic acids is 4. The largest absolute Gasteiger partial charge is 0.339 e. The number of sulfonamides is 1. The average Bonchev–Trinajstić information content (AvgIpc) is 3.07. The van der Waals surface area contributed by atoms with E-state index >= 15 is 0 Å². The van der Waals surface area contributed by atoms with Crippen LogP contribution in [0.4, 0.5) is 0 Å². The molecule has 6 atom stereocenters. The lowest BCUT2D eigenvalue weighted by atomic mass is 9.86. The van der Waals surface area contributed by atoms with E-state index in [-0.39, 0.29) is 42.0 Å². The maximum absolute atomic E-state index is 13.6. The lowest BCUT2D eigenvalue weighted by molar-refractivity contribution is -0.143. The van der Waals surface area contributed by atoms with Gasteiger partial charge in [-0.3, -0.25) is 24.1 Å². The molecule has 2 aliphatic heterocycles. The van der Waals surface area contributed by atoms with Crippen molar-refractivity contribution in [2.24, 2.45) is 28.6 Å². The van der Waals surface area contributed by atoms with Crippen LogP contribution < -0.4 is 10.0 Å². The second-order valence-corrected chi connectivity index (χ2v) is 13.8. The van der Waals surface area contributed by atoms with Crippen LogP contribution in [0, 0.1) is 39.9 Å². The van der Waals surface area contributed by atoms with Crippen molar-refractivity contribution in [3.63, 3.8) is 0 Å². The average molecular weight is 524 g/mol. The SMILES string of the molecule is CC(=O)N1CC[C@@H](C[C@@H](C#N)NC(=O)[C@@H]2[C@@H]3[C@H](CN2C(=O)[C@@H](NS(C)(=O)=O)C(C)(C)C)C3(C)C)C1=O. The summed E-state index contributed by atoms with van der Waals surface area (Å²) in [5.74, 6) is -2.26. The molecule has 11 nitrogen and oxygen atoms in total. The van der Waals surface area contributed by atoms with Gasteiger partial charge < -0.3 is 10.2 Å². The molecule has 1 saturated carbocycles. The van der Waals surface area contributed by atoms with Crippen LogP contribution in [0.25, 0.3) is 0 Å². The van der Waals surface area contributed by atoms with Gasteiger partial charge in [-0.1, -0.05) is 34.6 Å². The van der Waals surface area contributed by atoms with E-state index in [1.807, 2.05) is 19.9 Å². The molecule has 0 unspecified atom stereocenters. The fourth-order valence-corrected chi connectivity index (χ4v) is 6.63. The zero-order valence-corrected chi connectivity index (χ0v) is 22.8. The van der Waals surface area contributed by atoms with Crippen molar-refractivity contribution in [3.8, 4) is 6.07 Å². The Labute approximate surface area is 213 Å². The zero-order valence-electron chi connectivity index (χ0n) is 22.0. The van der Waals surface area contributed by atoms with Gasteiger partial charge in [-0.25, -0.2) is 13.1 Å². The van der Waals surface area contributed by atoms with Crippen LogP contribution in [0.1, 0.15) is 54.4 Å². The Hall–Kier alpha value is -2.52. The summed E-state index contributed by atoms with van der Waals surface area (Å²) in [6.07, 6.45) is 1.48. The molecule has 2 N–H and O–H groups in total. The smallest absolute Gasteiger partial charge is 0.244 e. The van der Waals surface area contributed by atoms with Crippen molar-refractivity contribution in [2.75, 3.05) is 19.3 Å². The molecule has 3 rings (SSSR count). The van der Waals surface area contributed by atoms with Crippen LogP contribution in [-0.4, -0.2) is 79.3 Å². The number of carbonyl (C=O) groups is 4. The third-order valence-corrected chi connectivity index (χ3v) is 8.56. The summed E-state index contributed by atoms with van der Waals surface area (Å²) in [6, 6.07) is -0.852. The van der Waals surface area contributed by atoms with Crippen molar-refractivity contribution in [1.29, 1.82) is 5.26 Å². The third-order valence-electron chi connectivity index (χ3n) is 7.89. The minimum atomic E-state index is -3.70. The van der Waals surface area contributed by atoms with E-state index in [9.17, 15) is 32.9 Å². The van der Waals surface area contributed by atoms with Crippen LogP contribution in [0.5, 0.6) is 0 Å². The molecule has 0 aromatic heterocycles. The Balaban J connectivity index is 1.79. The number of nitrogens with zero attached hydrogens (tertiary/aromatic N) is 3. The summed E-state index contributed by atoms with van der Waals surface area (Å²) in [4.78, 5) is 53.8. The molecule has 200 valence electrons. The number of imide groups is 1. The first-order chi connectivity index (χ1) is 16.4. The van der Waals surface area contributed by atoms with Gasteiger partial charge in [0.15, 0.2) is 0 Å². The van der Waals surface area contributed by atoms with Crippen molar-refractivity contribution < 1.29 is 27.6 Å². The number of hydrogen-bond donors (Lipinski definition) is 2. The quantitative estimate of drug-likeness (QED) is 0.483. The highest BCUT2D eigenvalue weighted by atomic mass is 32.2. The first-order valence-electron chi connectivity index (χ1n) is 12.2. The molecule has 0 radical (unpaired) electrons. The van der Waals surface area contributed by atoms with Gasteiger partial charge in [0.2, 0.25) is 33.7 Å². The number of nitriles is 1. The van der Waals surface area contributed by atoms with Crippen molar-refractivity contribution in [2.45, 2.75) is 72.5 Å². The van der Waals surface area contributed by atoms with Gasteiger partial charge in [0.25, 0.3) is 0 Å². The number of likely N-dealkylation sites (tertiary alicyclic amines) is 2. The molecule has 0 spiro atoms. The molecule has 1 aliphatic carbocycles. The van der Waals surface area contributed by atoms with E-state index in [1.165, 1.54) is 11.8 Å². The molecule has 36 heavy (non-hydrogen) atoms. The Morgan fingerprint density at radius 2 is 1.86 bits per heavy atom. The second-order valence-electron chi connectivity index (χ2n) is 12.0. The second kappa shape index (κ2) is 9.41. The van der Waals surface area contributed by atoms with Gasteiger partial charge in [-0.2, -0.15) is 5.26 Å². The summed E-state index contributed by atoms with van der Waals surface area (Å²) < 4.78 is 26.4. The Morgan fingerprint density at radius 3 is 2.33 bits per heavy atom. The molecule has 12 heteroatoms. The van der Waals surface area contributed by atoms with Gasteiger partial charge in [-0.05, 0) is 35.5 Å². The predicted molar refractivity (Wildman–Crippen MR) is 130 cm³/mol. The van der Waals surface area contributed by atoms with E-state index < -0.39 is 51.3 Å². The lowest BCUT2D eigenvalue weighted by Crippen LogP contribution is -2.59. The highest BCUT2D eigenvalue weighted by Crippen LogP contribution is 2.65. The van der Waals surface area contributed by atoms with Crippen LogP contribution >= 0.6 is 0 Å². The monoisotopic (exact) mass is 523 g/mol. The summed E-state index contributed by atoms with van der Waals surface area (Å²) in [5.41, 5.74) is -0.921. The molecule has 0 aromatic carbocycles. The highest BCUT2D eigenvalue weighted by Gasteiger charge is 2.69. The Morgan fingerprint density at radius 1 is 1.25 bits per heavy atom. The van der Waals surface area contributed by atoms with Crippen LogP contribution in [0.2, 0.25) is 0 Å². The molecule has 2 saturated heterocycles. The highest BCUT2D eigenvalue weighted by molar-refractivity contribution is 7.88. The maximum atomic E-state index is 13.6. The van der Waals surface area contributed by atoms with E-state index in [2.05, 4.69) is 10.0 Å². The van der Waals surface area contributed by atoms with Crippen molar-refractivity contribution >= 4 is 33.7 Å². The van der Waals surface area contributed by atoms with E-state index in [0.717, 1.165) is 11.2 Å². The number of hydrogen-bond acceptors (Lipinski definition) is 7. The molecule has 0 aromatic rings. The first kappa shape index (κ1) is 28.1. The number of fused-ring (bicyclic) bond motifs is 1. The predicted octanol–water partition coefficient (Wildman–Crippen LogP) is 0.227. The fraction of sp³-hybridized carbons (Fsp3) is 0.792. The number of piperidine rings is 1. The summed E-state index contributed by atoms with van der Waals surface area (Å²) in [7, 11) is -3.70. The summed E-state index contributed by atoms with van der Waals surface area (Å²) in [5, 5.41) is 12.4. The molecular formula is C24H37N5O6S.